The van der Waals surface area contributed by atoms with Gasteiger partial charge in [-0.25, -0.2) is 0 Å². The molecule has 2 aliphatic rings. The van der Waals surface area contributed by atoms with Crippen molar-refractivity contribution in [3.8, 4) is 0 Å². The van der Waals surface area contributed by atoms with Crippen molar-refractivity contribution in [2.45, 2.75) is 75.2 Å². The van der Waals surface area contributed by atoms with Crippen LogP contribution in [0.25, 0.3) is 0 Å². The first-order valence-electron chi connectivity index (χ1n) is 9.65. The highest BCUT2D eigenvalue weighted by atomic mass is 127. The maximum absolute atomic E-state index is 6.16. The summed E-state index contributed by atoms with van der Waals surface area (Å²) in [6.45, 7) is 9.57. The Morgan fingerprint density at radius 1 is 1.04 bits per heavy atom. The summed E-state index contributed by atoms with van der Waals surface area (Å²) in [5.74, 6) is 3.17. The van der Waals surface area contributed by atoms with E-state index in [1.54, 1.807) is 0 Å². The molecule has 0 N–H and O–H groups in total. The smallest absolute Gasteiger partial charge is 0.0756 e. The number of rotatable bonds is 7. The fourth-order valence-electron chi connectivity index (χ4n) is 4.07. The molecule has 0 aromatic heterocycles. The molecule has 1 aliphatic carbocycles. The van der Waals surface area contributed by atoms with Crippen LogP contribution in [0.3, 0.4) is 0 Å². The second-order valence-corrected chi connectivity index (χ2v) is 9.97. The van der Waals surface area contributed by atoms with Crippen LogP contribution in [0, 0.1) is 23.7 Å². The fraction of sp³-hybridized carbons (Fsp3) is 0.810. The first-order valence-corrected chi connectivity index (χ1v) is 10.9. The summed E-state index contributed by atoms with van der Waals surface area (Å²) in [4.78, 5) is 0. The first-order chi connectivity index (χ1) is 11.1. The van der Waals surface area contributed by atoms with E-state index < -0.39 is 0 Å². The lowest BCUT2D eigenvalue weighted by atomic mass is 9.74. The van der Waals surface area contributed by atoms with Gasteiger partial charge < -0.3 is 4.74 Å². The lowest BCUT2D eigenvalue weighted by molar-refractivity contribution is -0.0157. The van der Waals surface area contributed by atoms with Crippen molar-refractivity contribution in [2.24, 2.45) is 23.7 Å². The van der Waals surface area contributed by atoms with Crippen molar-refractivity contribution in [2.75, 3.05) is 6.61 Å². The van der Waals surface area contributed by atoms with Crippen molar-refractivity contribution in [1.82, 2.24) is 0 Å². The van der Waals surface area contributed by atoms with Crippen LogP contribution in [0.15, 0.2) is 24.8 Å². The lowest BCUT2D eigenvalue weighted by Gasteiger charge is -2.36. The zero-order valence-corrected chi connectivity index (χ0v) is 17.2. The molecule has 0 radical (unpaired) electrons. The molecule has 132 valence electrons. The van der Waals surface area contributed by atoms with Crippen LogP contribution in [-0.4, -0.2) is 16.6 Å². The third-order valence-electron chi connectivity index (χ3n) is 5.84. The van der Waals surface area contributed by atoms with Gasteiger partial charge in [0.15, 0.2) is 0 Å². The van der Waals surface area contributed by atoms with E-state index >= 15 is 0 Å². The second-order valence-electron chi connectivity index (χ2n) is 7.84. The van der Waals surface area contributed by atoms with Gasteiger partial charge in [-0.15, -0.1) is 6.58 Å². The van der Waals surface area contributed by atoms with Gasteiger partial charge in [0.1, 0.15) is 0 Å². The second kappa shape index (κ2) is 10.2. The van der Waals surface area contributed by atoms with Gasteiger partial charge >= 0.3 is 0 Å². The van der Waals surface area contributed by atoms with E-state index in [2.05, 4.69) is 61.2 Å². The number of ether oxygens (including phenoxy) is 1. The molecule has 0 aromatic rings. The van der Waals surface area contributed by atoms with Crippen molar-refractivity contribution < 1.29 is 4.74 Å². The van der Waals surface area contributed by atoms with E-state index in [9.17, 15) is 0 Å². The largest absolute Gasteiger partial charge is 0.374 e. The van der Waals surface area contributed by atoms with Crippen molar-refractivity contribution in [3.63, 3.8) is 0 Å². The molecule has 1 heterocycles. The molecule has 1 saturated heterocycles. The average Bonchev–Trinajstić information content (AvgIpc) is 2.58. The highest BCUT2D eigenvalue weighted by molar-refractivity contribution is 14.1. The first kappa shape index (κ1) is 19.5. The van der Waals surface area contributed by atoms with E-state index in [1.165, 1.54) is 51.4 Å². The summed E-state index contributed by atoms with van der Waals surface area (Å²) >= 11 is 2.52. The zero-order valence-electron chi connectivity index (χ0n) is 15.1. The number of hydrogen-bond acceptors (Lipinski definition) is 1. The Morgan fingerprint density at radius 3 is 2.30 bits per heavy atom. The van der Waals surface area contributed by atoms with Crippen molar-refractivity contribution in [1.29, 1.82) is 0 Å². The molecule has 2 fully saturated rings. The third kappa shape index (κ3) is 6.89. The van der Waals surface area contributed by atoms with Crippen LogP contribution in [-0.2, 0) is 4.74 Å². The zero-order chi connectivity index (χ0) is 16.7. The van der Waals surface area contributed by atoms with E-state index in [-0.39, 0.29) is 0 Å². The Hall–Kier alpha value is 0.170. The van der Waals surface area contributed by atoms with Gasteiger partial charge in [-0.1, -0.05) is 54.7 Å². The van der Waals surface area contributed by atoms with Gasteiger partial charge in [-0.3, -0.25) is 0 Å². The standard InChI is InChI=1S/C21H35IO/c1-4-18-8-10-19(11-9-18)20-12-14-21(23-15-20)13-6-16(2)5-7-17(3)22/h4,6,13,16-21H,1,5,7-12,14-15H2,2-3H3/b13-6+. The SMILES string of the molecule is C=CC1CCC(C2CCC(/C=C/C(C)CCC(C)I)OC2)CC1. The molecule has 1 nitrogen and oxygen atoms in total. The van der Waals surface area contributed by atoms with Crippen LogP contribution < -0.4 is 0 Å². The molecular weight excluding hydrogens is 395 g/mol. The molecule has 4 atom stereocenters. The van der Waals surface area contributed by atoms with Crippen LogP contribution in [0.4, 0.5) is 0 Å². The molecule has 0 bridgehead atoms. The Labute approximate surface area is 157 Å². The van der Waals surface area contributed by atoms with E-state index in [1.807, 2.05) is 0 Å². The highest BCUT2D eigenvalue weighted by Gasteiger charge is 2.30. The molecule has 2 heteroatoms. The Kier molecular flexibility index (Phi) is 8.67. The van der Waals surface area contributed by atoms with Crippen molar-refractivity contribution in [3.05, 3.63) is 24.8 Å². The molecule has 0 spiro atoms. The van der Waals surface area contributed by atoms with Gasteiger partial charge in [0.25, 0.3) is 0 Å². The summed E-state index contributed by atoms with van der Waals surface area (Å²) in [5.41, 5.74) is 0. The van der Waals surface area contributed by atoms with Crippen molar-refractivity contribution >= 4 is 22.6 Å². The Balaban J connectivity index is 1.66. The molecule has 1 aliphatic heterocycles. The van der Waals surface area contributed by atoms with E-state index in [4.69, 9.17) is 4.74 Å². The number of alkyl halides is 1. The molecule has 0 aromatic carbocycles. The van der Waals surface area contributed by atoms with Gasteiger partial charge in [-0.2, -0.15) is 0 Å². The fourth-order valence-corrected chi connectivity index (χ4v) is 4.43. The highest BCUT2D eigenvalue weighted by Crippen LogP contribution is 2.38. The summed E-state index contributed by atoms with van der Waals surface area (Å²) in [7, 11) is 0. The Bertz CT molecular complexity index is 360. The topological polar surface area (TPSA) is 9.23 Å². The van der Waals surface area contributed by atoms with Crippen LogP contribution in [0.5, 0.6) is 0 Å². The van der Waals surface area contributed by atoms with Crippen LogP contribution in [0.2, 0.25) is 0 Å². The average molecular weight is 430 g/mol. The summed E-state index contributed by atoms with van der Waals surface area (Å²) < 4.78 is 6.95. The molecule has 2 rings (SSSR count). The predicted octanol–water partition coefficient (Wildman–Crippen LogP) is 6.57. The van der Waals surface area contributed by atoms with Gasteiger partial charge in [0.05, 0.1) is 12.7 Å². The molecule has 23 heavy (non-hydrogen) atoms. The molecule has 0 amide bonds. The number of halogens is 1. The van der Waals surface area contributed by atoms with Crippen LogP contribution >= 0.6 is 22.6 Å². The monoisotopic (exact) mass is 430 g/mol. The van der Waals surface area contributed by atoms with E-state index in [0.717, 1.165) is 28.3 Å². The van der Waals surface area contributed by atoms with Gasteiger partial charge in [-0.05, 0) is 75.0 Å². The van der Waals surface area contributed by atoms with Gasteiger partial charge in [0.2, 0.25) is 0 Å². The minimum atomic E-state index is 0.371. The maximum Gasteiger partial charge on any atom is 0.0756 e. The molecule has 1 saturated carbocycles. The summed E-state index contributed by atoms with van der Waals surface area (Å²) in [6, 6.07) is 0. The number of hydrogen-bond donors (Lipinski definition) is 0. The minimum absolute atomic E-state index is 0.371. The minimum Gasteiger partial charge on any atom is -0.374 e. The maximum atomic E-state index is 6.16. The Morgan fingerprint density at radius 2 is 1.74 bits per heavy atom. The van der Waals surface area contributed by atoms with Gasteiger partial charge in [0, 0.05) is 3.92 Å². The predicted molar refractivity (Wildman–Crippen MR) is 109 cm³/mol. The number of allylic oxidation sites excluding steroid dienone is 2. The quantitative estimate of drug-likeness (QED) is 0.252. The molecular formula is C21H35IO. The van der Waals surface area contributed by atoms with E-state index in [0.29, 0.717) is 12.0 Å². The molecule has 4 unspecified atom stereocenters. The normalized spacial score (nSPS) is 35.1. The summed E-state index contributed by atoms with van der Waals surface area (Å²) in [6.07, 6.45) is 17.9. The summed E-state index contributed by atoms with van der Waals surface area (Å²) in [5, 5.41) is 0. The third-order valence-corrected chi connectivity index (χ3v) is 6.46. The van der Waals surface area contributed by atoms with Crippen LogP contribution in [0.1, 0.15) is 65.2 Å². The lowest BCUT2D eigenvalue weighted by Crippen LogP contribution is -2.31.